The van der Waals surface area contributed by atoms with Gasteiger partial charge in [0.1, 0.15) is 11.5 Å². The summed E-state index contributed by atoms with van der Waals surface area (Å²) < 4.78 is 16.5. The van der Waals surface area contributed by atoms with Crippen LogP contribution in [0, 0.1) is 5.82 Å². The number of hydrogen-bond acceptors (Lipinski definition) is 2. The van der Waals surface area contributed by atoms with Crippen LogP contribution in [0.1, 0.15) is 21.6 Å². The predicted octanol–water partition coefficient (Wildman–Crippen LogP) is 6.81. The van der Waals surface area contributed by atoms with Crippen LogP contribution in [0.3, 0.4) is 0 Å². The Kier molecular flexibility index (Phi) is 5.83. The fraction of sp³-hybridized carbons (Fsp3) is 0.0690. The Labute approximate surface area is 196 Å². The molecule has 1 heterocycles. The number of para-hydroxylation sites is 1. The molecule has 0 atom stereocenters. The Bertz CT molecular complexity index is 1470. The summed E-state index contributed by atoms with van der Waals surface area (Å²) in [5, 5.41) is 14.3. The van der Waals surface area contributed by atoms with E-state index in [1.54, 1.807) is 22.8 Å². The second-order valence-corrected chi connectivity index (χ2v) is 8.15. The zero-order valence-corrected chi connectivity index (χ0v) is 18.4. The first-order chi connectivity index (χ1) is 16.6. The monoisotopic (exact) mass is 450 g/mol. The number of anilines is 1. The van der Waals surface area contributed by atoms with Gasteiger partial charge in [0, 0.05) is 40.8 Å². The quantitative estimate of drug-likeness (QED) is 0.286. The summed E-state index contributed by atoms with van der Waals surface area (Å²) in [7, 11) is 0. The zero-order valence-electron chi connectivity index (χ0n) is 18.4. The van der Waals surface area contributed by atoms with Gasteiger partial charge in [-0.05, 0) is 35.4 Å². The van der Waals surface area contributed by atoms with E-state index in [9.17, 15) is 14.3 Å². The Morgan fingerprint density at radius 1 is 0.824 bits per heavy atom. The van der Waals surface area contributed by atoms with E-state index >= 15 is 0 Å². The summed E-state index contributed by atoms with van der Waals surface area (Å²) in [5.41, 5.74) is 4.58. The second kappa shape index (κ2) is 9.24. The average molecular weight is 451 g/mol. The first kappa shape index (κ1) is 21.5. The molecule has 34 heavy (non-hydrogen) atoms. The van der Waals surface area contributed by atoms with Gasteiger partial charge in [-0.3, -0.25) is 0 Å². The van der Waals surface area contributed by atoms with E-state index in [4.69, 9.17) is 0 Å². The number of halogens is 1. The van der Waals surface area contributed by atoms with Gasteiger partial charge in [-0.1, -0.05) is 78.9 Å². The molecule has 5 rings (SSSR count). The number of carboxylic acid groups (broad SMARTS) is 1. The van der Waals surface area contributed by atoms with E-state index in [1.807, 2.05) is 66.7 Å². The summed E-state index contributed by atoms with van der Waals surface area (Å²) in [6.07, 6.45) is 0. The van der Waals surface area contributed by atoms with Crippen LogP contribution in [0.5, 0.6) is 0 Å². The van der Waals surface area contributed by atoms with Crippen LogP contribution in [0.15, 0.2) is 103 Å². The topological polar surface area (TPSA) is 54.3 Å². The van der Waals surface area contributed by atoms with E-state index in [1.165, 1.54) is 11.6 Å². The third-order valence-corrected chi connectivity index (χ3v) is 5.92. The minimum Gasteiger partial charge on any atom is -0.477 e. The summed E-state index contributed by atoms with van der Waals surface area (Å²) in [5.74, 6) is -1.53. The molecule has 0 saturated heterocycles. The number of benzene rings is 4. The van der Waals surface area contributed by atoms with Crippen molar-refractivity contribution in [2.24, 2.45) is 0 Å². The van der Waals surface area contributed by atoms with Crippen molar-refractivity contribution in [2.75, 3.05) is 5.32 Å². The maximum atomic E-state index is 14.8. The number of aromatic carboxylic acids is 1. The molecule has 0 bridgehead atoms. The number of nitrogens with one attached hydrogen (secondary N) is 1. The van der Waals surface area contributed by atoms with Gasteiger partial charge in [0.05, 0.1) is 0 Å². The van der Waals surface area contributed by atoms with Crippen molar-refractivity contribution in [3.05, 3.63) is 126 Å². The van der Waals surface area contributed by atoms with Crippen LogP contribution in [-0.4, -0.2) is 15.6 Å². The molecule has 4 aromatic carbocycles. The van der Waals surface area contributed by atoms with E-state index in [0.717, 1.165) is 16.8 Å². The van der Waals surface area contributed by atoms with Gasteiger partial charge in [0.2, 0.25) is 0 Å². The number of hydrogen-bond donors (Lipinski definition) is 2. The van der Waals surface area contributed by atoms with Gasteiger partial charge >= 0.3 is 5.97 Å². The maximum Gasteiger partial charge on any atom is 0.353 e. The molecular formula is C29H23FN2O2. The number of rotatable bonds is 7. The lowest BCUT2D eigenvalue weighted by Crippen LogP contribution is -2.11. The molecule has 0 amide bonds. The first-order valence-corrected chi connectivity index (χ1v) is 11.1. The number of aromatic nitrogens is 1. The van der Waals surface area contributed by atoms with Crippen molar-refractivity contribution in [2.45, 2.75) is 13.1 Å². The average Bonchev–Trinajstić information content (AvgIpc) is 3.18. The molecule has 0 radical (unpaired) electrons. The normalized spacial score (nSPS) is 11.0. The number of carboxylic acids is 1. The molecule has 5 heteroatoms. The summed E-state index contributed by atoms with van der Waals surface area (Å²) >= 11 is 0. The molecule has 0 aliphatic rings. The fourth-order valence-corrected chi connectivity index (χ4v) is 4.39. The van der Waals surface area contributed by atoms with Gasteiger partial charge < -0.3 is 15.0 Å². The molecular weight excluding hydrogens is 427 g/mol. The summed E-state index contributed by atoms with van der Waals surface area (Å²) in [4.78, 5) is 12.5. The zero-order chi connectivity index (χ0) is 23.5. The van der Waals surface area contributed by atoms with Crippen LogP contribution in [0.4, 0.5) is 10.1 Å². The third kappa shape index (κ3) is 4.16. The van der Waals surface area contributed by atoms with Crippen molar-refractivity contribution in [3.63, 3.8) is 0 Å². The Balaban J connectivity index is 1.56. The van der Waals surface area contributed by atoms with Crippen molar-refractivity contribution in [3.8, 4) is 11.1 Å². The number of nitrogens with zero attached hydrogens (tertiary/aromatic N) is 1. The Hall–Kier alpha value is -4.38. The van der Waals surface area contributed by atoms with Crippen LogP contribution in [0.2, 0.25) is 0 Å². The van der Waals surface area contributed by atoms with Crippen LogP contribution < -0.4 is 5.32 Å². The lowest BCUT2D eigenvalue weighted by atomic mass is 10.0. The minimum atomic E-state index is -1.09. The Morgan fingerprint density at radius 3 is 2.32 bits per heavy atom. The molecule has 0 unspecified atom stereocenters. The number of carbonyl (C=O) groups is 1. The maximum absolute atomic E-state index is 14.8. The summed E-state index contributed by atoms with van der Waals surface area (Å²) in [6, 6.07) is 31.8. The van der Waals surface area contributed by atoms with Gasteiger partial charge in [0.25, 0.3) is 0 Å². The van der Waals surface area contributed by atoms with Crippen molar-refractivity contribution < 1.29 is 14.3 Å². The van der Waals surface area contributed by atoms with Crippen molar-refractivity contribution >= 4 is 22.6 Å². The highest BCUT2D eigenvalue weighted by Gasteiger charge is 2.25. The molecule has 168 valence electrons. The van der Waals surface area contributed by atoms with Gasteiger partial charge in [-0.25, -0.2) is 9.18 Å². The molecule has 1 aromatic heterocycles. The van der Waals surface area contributed by atoms with E-state index in [2.05, 4.69) is 17.4 Å². The summed E-state index contributed by atoms with van der Waals surface area (Å²) in [6.45, 7) is 1.03. The highest BCUT2D eigenvalue weighted by atomic mass is 19.1. The highest BCUT2D eigenvalue weighted by molar-refractivity contribution is 6.08. The minimum absolute atomic E-state index is 0.0777. The molecule has 4 nitrogen and oxygen atoms in total. The molecule has 0 aliphatic heterocycles. The van der Waals surface area contributed by atoms with E-state index in [-0.39, 0.29) is 11.3 Å². The van der Waals surface area contributed by atoms with Gasteiger partial charge in [-0.2, -0.15) is 0 Å². The highest BCUT2D eigenvalue weighted by Crippen LogP contribution is 2.37. The van der Waals surface area contributed by atoms with Crippen molar-refractivity contribution in [1.29, 1.82) is 0 Å². The third-order valence-electron chi connectivity index (χ3n) is 5.92. The smallest absolute Gasteiger partial charge is 0.353 e. The standard InChI is InChI=1S/C29H23FN2O2/c30-25-15-6-4-13-23(25)27-24-14-5-7-16-26(24)32(28(27)29(33)34)19-21-11-8-12-22(17-21)31-18-20-9-2-1-3-10-20/h1-17,31H,18-19H2,(H,33,34). The second-order valence-electron chi connectivity index (χ2n) is 8.15. The van der Waals surface area contributed by atoms with Crippen LogP contribution in [0.25, 0.3) is 22.0 Å². The van der Waals surface area contributed by atoms with Crippen LogP contribution >= 0.6 is 0 Å². The molecule has 0 aliphatic carbocycles. The largest absolute Gasteiger partial charge is 0.477 e. The van der Waals surface area contributed by atoms with Crippen molar-refractivity contribution in [1.82, 2.24) is 4.57 Å². The lowest BCUT2D eigenvalue weighted by molar-refractivity contribution is 0.0687. The predicted molar refractivity (Wildman–Crippen MR) is 134 cm³/mol. The first-order valence-electron chi connectivity index (χ1n) is 11.1. The molecule has 0 fully saturated rings. The lowest BCUT2D eigenvalue weighted by Gasteiger charge is -2.12. The van der Waals surface area contributed by atoms with Gasteiger partial charge in [0.15, 0.2) is 0 Å². The van der Waals surface area contributed by atoms with E-state index < -0.39 is 11.8 Å². The molecule has 0 saturated carbocycles. The fourth-order valence-electron chi connectivity index (χ4n) is 4.39. The molecule has 2 N–H and O–H groups in total. The molecule has 5 aromatic rings. The SMILES string of the molecule is O=C(O)c1c(-c2ccccc2F)c2ccccc2n1Cc1cccc(NCc2ccccc2)c1. The number of fused-ring (bicyclic) bond motifs is 1. The Morgan fingerprint density at radius 2 is 1.53 bits per heavy atom. The van der Waals surface area contributed by atoms with Crippen LogP contribution in [-0.2, 0) is 13.1 Å². The van der Waals surface area contributed by atoms with E-state index in [0.29, 0.717) is 24.0 Å². The van der Waals surface area contributed by atoms with Gasteiger partial charge in [-0.15, -0.1) is 0 Å². The molecule has 0 spiro atoms.